The maximum Gasteiger partial charge on any atom is 0.0944 e. The molecule has 0 aliphatic carbocycles. The minimum atomic E-state index is 0.125. The normalized spacial score (nSPS) is 22.5. The average molecular weight is 240 g/mol. The van der Waals surface area contributed by atoms with Crippen LogP contribution in [0.15, 0.2) is 6.20 Å². The van der Waals surface area contributed by atoms with Crippen molar-refractivity contribution in [2.45, 2.75) is 45.3 Å². The van der Waals surface area contributed by atoms with Crippen LogP contribution >= 0.6 is 11.3 Å². The molecule has 1 atom stereocenters. The van der Waals surface area contributed by atoms with Gasteiger partial charge in [0.05, 0.1) is 16.5 Å². The second kappa shape index (κ2) is 5.75. The fourth-order valence-corrected chi connectivity index (χ4v) is 3.28. The second-order valence-electron chi connectivity index (χ2n) is 4.36. The first kappa shape index (κ1) is 12.0. The lowest BCUT2D eigenvalue weighted by atomic mass is 10.00. The van der Waals surface area contributed by atoms with Crippen molar-refractivity contribution in [1.29, 1.82) is 0 Å². The van der Waals surface area contributed by atoms with Crippen LogP contribution in [0.5, 0.6) is 0 Å². The third kappa shape index (κ3) is 2.81. The summed E-state index contributed by atoms with van der Waals surface area (Å²) in [5, 5.41) is 10.2. The van der Waals surface area contributed by atoms with E-state index in [1.54, 1.807) is 17.5 Å². The van der Waals surface area contributed by atoms with Gasteiger partial charge in [0.15, 0.2) is 0 Å². The molecule has 2 heterocycles. The van der Waals surface area contributed by atoms with E-state index in [2.05, 4.69) is 16.8 Å². The van der Waals surface area contributed by atoms with E-state index in [1.807, 2.05) is 0 Å². The third-order valence-corrected chi connectivity index (χ3v) is 4.33. The largest absolute Gasteiger partial charge is 0.391 e. The van der Waals surface area contributed by atoms with Gasteiger partial charge >= 0.3 is 0 Å². The molecule has 0 saturated carbocycles. The highest BCUT2D eigenvalue weighted by Crippen LogP contribution is 2.22. The van der Waals surface area contributed by atoms with E-state index >= 15 is 0 Å². The maximum atomic E-state index is 9.01. The van der Waals surface area contributed by atoms with E-state index in [9.17, 15) is 0 Å². The third-order valence-electron chi connectivity index (χ3n) is 3.32. The molecule has 0 bridgehead atoms. The number of rotatable bonds is 4. The molecule has 1 aromatic heterocycles. The Morgan fingerprint density at radius 3 is 3.12 bits per heavy atom. The number of nitrogens with zero attached hydrogens (tertiary/aromatic N) is 2. The van der Waals surface area contributed by atoms with Crippen molar-refractivity contribution in [3.63, 3.8) is 0 Å². The molecule has 1 saturated heterocycles. The number of hydrogen-bond donors (Lipinski definition) is 1. The van der Waals surface area contributed by atoms with E-state index in [1.165, 1.54) is 30.8 Å². The summed E-state index contributed by atoms with van der Waals surface area (Å²) >= 11 is 1.65. The number of aliphatic hydroxyl groups is 1. The van der Waals surface area contributed by atoms with E-state index in [-0.39, 0.29) is 6.61 Å². The summed E-state index contributed by atoms with van der Waals surface area (Å²) in [5.74, 6) is 0. The molecule has 0 amide bonds. The topological polar surface area (TPSA) is 36.4 Å². The van der Waals surface area contributed by atoms with Crippen molar-refractivity contribution in [2.75, 3.05) is 13.1 Å². The minimum absolute atomic E-state index is 0.125. The Morgan fingerprint density at radius 1 is 1.56 bits per heavy atom. The maximum absolute atomic E-state index is 9.01. The number of thiazole rings is 1. The van der Waals surface area contributed by atoms with Crippen LogP contribution in [0.4, 0.5) is 0 Å². The van der Waals surface area contributed by atoms with E-state index in [0.29, 0.717) is 6.04 Å². The molecule has 0 radical (unpaired) electrons. The van der Waals surface area contributed by atoms with Crippen molar-refractivity contribution < 1.29 is 5.11 Å². The summed E-state index contributed by atoms with van der Waals surface area (Å²) < 4.78 is 0. The highest BCUT2D eigenvalue weighted by Gasteiger charge is 2.22. The number of aliphatic hydroxyl groups excluding tert-OH is 1. The molecule has 90 valence electrons. The fraction of sp³-hybridized carbons (Fsp3) is 0.750. The number of likely N-dealkylation sites (tertiary alicyclic amines) is 1. The highest BCUT2D eigenvalue weighted by atomic mass is 32.1. The zero-order valence-corrected chi connectivity index (χ0v) is 10.7. The summed E-state index contributed by atoms with van der Waals surface area (Å²) in [6.07, 6.45) is 6.84. The van der Waals surface area contributed by atoms with Crippen molar-refractivity contribution in [1.82, 2.24) is 9.88 Å². The van der Waals surface area contributed by atoms with Crippen LogP contribution in [0.3, 0.4) is 0 Å². The highest BCUT2D eigenvalue weighted by molar-refractivity contribution is 7.11. The van der Waals surface area contributed by atoms with E-state index in [4.69, 9.17) is 5.11 Å². The van der Waals surface area contributed by atoms with Crippen LogP contribution in [-0.2, 0) is 13.0 Å². The molecule has 2 rings (SSSR count). The predicted octanol–water partition coefficient (Wildman–Crippen LogP) is 2.05. The molecule has 1 aromatic rings. The zero-order valence-electron chi connectivity index (χ0n) is 9.85. The Bertz CT molecular complexity index is 327. The zero-order chi connectivity index (χ0) is 11.4. The molecule has 16 heavy (non-hydrogen) atoms. The van der Waals surface area contributed by atoms with Gasteiger partial charge in [-0.1, -0.05) is 13.3 Å². The van der Waals surface area contributed by atoms with Gasteiger partial charge in [0.1, 0.15) is 0 Å². The molecular weight excluding hydrogens is 220 g/mol. The smallest absolute Gasteiger partial charge is 0.0944 e. The summed E-state index contributed by atoms with van der Waals surface area (Å²) in [4.78, 5) is 7.92. The van der Waals surface area contributed by atoms with Crippen molar-refractivity contribution in [3.8, 4) is 0 Å². The molecular formula is C12H20N2OS. The molecule has 1 aliphatic rings. The first-order valence-corrected chi connectivity index (χ1v) is 6.93. The molecule has 4 heteroatoms. The van der Waals surface area contributed by atoms with Crippen LogP contribution in [0.1, 0.15) is 36.1 Å². The number of piperidine rings is 1. The lowest BCUT2D eigenvalue weighted by molar-refractivity contribution is 0.155. The summed E-state index contributed by atoms with van der Waals surface area (Å²) in [7, 11) is 0. The Morgan fingerprint density at radius 2 is 2.44 bits per heavy atom. The first-order valence-electron chi connectivity index (χ1n) is 6.12. The van der Waals surface area contributed by atoms with Crippen molar-refractivity contribution in [2.24, 2.45) is 0 Å². The SMILES string of the molecule is CCN1CCCCC1Cc1ncc(CO)s1. The number of hydrogen-bond acceptors (Lipinski definition) is 4. The van der Waals surface area contributed by atoms with Gasteiger partial charge in [-0.05, 0) is 25.9 Å². The molecule has 1 aliphatic heterocycles. The predicted molar refractivity (Wildman–Crippen MR) is 66.6 cm³/mol. The summed E-state index contributed by atoms with van der Waals surface area (Å²) in [6, 6.07) is 0.663. The van der Waals surface area contributed by atoms with Crippen LogP contribution < -0.4 is 0 Å². The van der Waals surface area contributed by atoms with Crippen LogP contribution in [0.2, 0.25) is 0 Å². The summed E-state index contributed by atoms with van der Waals surface area (Å²) in [6.45, 7) is 4.74. The van der Waals surface area contributed by atoms with Gasteiger partial charge in [-0.3, -0.25) is 0 Å². The fourth-order valence-electron chi connectivity index (χ4n) is 2.42. The van der Waals surface area contributed by atoms with Crippen LogP contribution in [0, 0.1) is 0 Å². The Balaban J connectivity index is 1.96. The van der Waals surface area contributed by atoms with Crippen molar-refractivity contribution in [3.05, 3.63) is 16.1 Å². The standard InChI is InChI=1S/C12H20N2OS/c1-2-14-6-4-3-5-10(14)7-12-13-8-11(9-15)16-12/h8,10,15H,2-7,9H2,1H3. The molecule has 1 fully saturated rings. The summed E-state index contributed by atoms with van der Waals surface area (Å²) in [5.41, 5.74) is 0. The average Bonchev–Trinajstić information content (AvgIpc) is 2.77. The van der Waals surface area contributed by atoms with Gasteiger partial charge in [-0.2, -0.15) is 0 Å². The molecule has 0 aromatic carbocycles. The minimum Gasteiger partial charge on any atom is -0.391 e. The Labute approximate surface area is 101 Å². The van der Waals surface area contributed by atoms with E-state index in [0.717, 1.165) is 17.8 Å². The van der Waals surface area contributed by atoms with Gasteiger partial charge in [0.2, 0.25) is 0 Å². The van der Waals surface area contributed by atoms with Crippen LogP contribution in [-0.4, -0.2) is 34.1 Å². The number of likely N-dealkylation sites (N-methyl/N-ethyl adjacent to an activating group) is 1. The van der Waals surface area contributed by atoms with Gasteiger partial charge in [-0.15, -0.1) is 11.3 Å². The lowest BCUT2D eigenvalue weighted by Crippen LogP contribution is -2.40. The molecule has 3 nitrogen and oxygen atoms in total. The first-order chi connectivity index (χ1) is 7.83. The Hall–Kier alpha value is -0.450. The molecule has 1 N–H and O–H groups in total. The quantitative estimate of drug-likeness (QED) is 0.875. The second-order valence-corrected chi connectivity index (χ2v) is 5.56. The van der Waals surface area contributed by atoms with Crippen LogP contribution in [0.25, 0.3) is 0 Å². The molecule has 0 spiro atoms. The van der Waals surface area contributed by atoms with Gasteiger partial charge in [0.25, 0.3) is 0 Å². The lowest BCUT2D eigenvalue weighted by Gasteiger charge is -2.34. The monoisotopic (exact) mass is 240 g/mol. The van der Waals surface area contributed by atoms with Crippen molar-refractivity contribution >= 4 is 11.3 Å². The van der Waals surface area contributed by atoms with Gasteiger partial charge < -0.3 is 10.0 Å². The van der Waals surface area contributed by atoms with Gasteiger partial charge in [-0.25, -0.2) is 4.98 Å². The Kier molecular flexibility index (Phi) is 4.32. The molecule has 1 unspecified atom stereocenters. The van der Waals surface area contributed by atoms with Gasteiger partial charge in [0, 0.05) is 18.7 Å². The number of aromatic nitrogens is 1. The van der Waals surface area contributed by atoms with E-state index < -0.39 is 0 Å².